The molecule has 0 aliphatic carbocycles. The minimum absolute atomic E-state index is 0.0343. The van der Waals surface area contributed by atoms with Crippen LogP contribution in [0.4, 0.5) is 0 Å². The molecule has 2 aromatic rings. The van der Waals surface area contributed by atoms with Crippen LogP contribution in [0.15, 0.2) is 28.7 Å². The molecule has 16 heavy (non-hydrogen) atoms. The number of aromatic nitrogens is 4. The van der Waals surface area contributed by atoms with Crippen LogP contribution in [0.1, 0.15) is 16.2 Å². The van der Waals surface area contributed by atoms with Crippen molar-refractivity contribution in [3.8, 4) is 0 Å². The molecular formula is C9H8BrN5O. The third kappa shape index (κ3) is 2.43. The van der Waals surface area contributed by atoms with Gasteiger partial charge in [-0.25, -0.2) is 0 Å². The van der Waals surface area contributed by atoms with Crippen LogP contribution in [0.2, 0.25) is 0 Å². The Balaban J connectivity index is 1.98. The number of halogens is 1. The number of tetrazole rings is 1. The average Bonchev–Trinajstić information content (AvgIpc) is 2.81. The van der Waals surface area contributed by atoms with Crippen LogP contribution in [0.3, 0.4) is 0 Å². The highest BCUT2D eigenvalue weighted by Crippen LogP contribution is 2.15. The molecule has 82 valence electrons. The molecule has 0 unspecified atom stereocenters. The quantitative estimate of drug-likeness (QED) is 0.875. The zero-order valence-corrected chi connectivity index (χ0v) is 9.73. The maximum Gasteiger partial charge on any atom is 0.293 e. The normalized spacial score (nSPS) is 10.1. The van der Waals surface area contributed by atoms with E-state index in [4.69, 9.17) is 0 Å². The summed E-state index contributed by atoms with van der Waals surface area (Å²) in [6.45, 7) is 0.412. The number of carbonyl (C=O) groups excluding carboxylic acids is 1. The molecular weight excluding hydrogens is 274 g/mol. The molecule has 2 N–H and O–H groups in total. The van der Waals surface area contributed by atoms with Gasteiger partial charge < -0.3 is 5.32 Å². The molecule has 1 aromatic carbocycles. The summed E-state index contributed by atoms with van der Waals surface area (Å²) in [4.78, 5) is 11.5. The van der Waals surface area contributed by atoms with Gasteiger partial charge in [0.05, 0.1) is 0 Å². The van der Waals surface area contributed by atoms with Crippen molar-refractivity contribution in [2.45, 2.75) is 6.54 Å². The molecule has 0 aliphatic heterocycles. The second kappa shape index (κ2) is 4.84. The first kappa shape index (κ1) is 10.7. The number of carbonyl (C=O) groups is 1. The zero-order chi connectivity index (χ0) is 11.4. The van der Waals surface area contributed by atoms with Crippen LogP contribution in [0.25, 0.3) is 0 Å². The summed E-state index contributed by atoms with van der Waals surface area (Å²) in [6.07, 6.45) is 0. The second-order valence-corrected chi connectivity index (χ2v) is 3.86. The number of nitrogens with zero attached hydrogens (tertiary/aromatic N) is 3. The van der Waals surface area contributed by atoms with E-state index in [1.54, 1.807) is 0 Å². The van der Waals surface area contributed by atoms with E-state index in [9.17, 15) is 4.79 Å². The van der Waals surface area contributed by atoms with Crippen LogP contribution in [-0.2, 0) is 6.54 Å². The first-order chi connectivity index (χ1) is 7.77. The number of hydrogen-bond acceptors (Lipinski definition) is 4. The Labute approximate surface area is 99.6 Å². The van der Waals surface area contributed by atoms with Crippen LogP contribution in [0, 0.1) is 0 Å². The molecule has 2 rings (SSSR count). The molecule has 0 fully saturated rings. The van der Waals surface area contributed by atoms with E-state index in [2.05, 4.69) is 41.9 Å². The van der Waals surface area contributed by atoms with Crippen molar-refractivity contribution < 1.29 is 4.79 Å². The molecule has 1 aromatic heterocycles. The summed E-state index contributed by atoms with van der Waals surface area (Å²) in [7, 11) is 0. The number of benzene rings is 1. The van der Waals surface area contributed by atoms with Crippen molar-refractivity contribution in [1.82, 2.24) is 25.9 Å². The molecule has 0 aliphatic rings. The van der Waals surface area contributed by atoms with Crippen molar-refractivity contribution >= 4 is 21.8 Å². The molecule has 0 saturated heterocycles. The molecule has 0 spiro atoms. The van der Waals surface area contributed by atoms with Gasteiger partial charge in [-0.3, -0.25) is 4.79 Å². The topological polar surface area (TPSA) is 83.6 Å². The Kier molecular flexibility index (Phi) is 3.25. The van der Waals surface area contributed by atoms with Gasteiger partial charge in [0, 0.05) is 11.0 Å². The molecule has 0 saturated carbocycles. The summed E-state index contributed by atoms with van der Waals surface area (Å²) >= 11 is 3.39. The van der Waals surface area contributed by atoms with E-state index in [1.807, 2.05) is 24.3 Å². The number of H-pyrrole nitrogens is 1. The van der Waals surface area contributed by atoms with Gasteiger partial charge in [0.1, 0.15) is 0 Å². The lowest BCUT2D eigenvalue weighted by Gasteiger charge is -2.04. The van der Waals surface area contributed by atoms with Gasteiger partial charge in [0.25, 0.3) is 11.7 Å². The predicted octanol–water partition coefficient (Wildman–Crippen LogP) is 0.892. The van der Waals surface area contributed by atoms with Crippen LogP contribution < -0.4 is 5.32 Å². The second-order valence-electron chi connectivity index (χ2n) is 3.01. The standard InChI is InChI=1S/C9H8BrN5O/c10-7-4-2-1-3-6(7)5-11-9(16)8-12-14-15-13-8/h1-4H,5H2,(H,11,16)(H,12,13,14,15). The maximum absolute atomic E-state index is 11.5. The summed E-state index contributed by atoms with van der Waals surface area (Å²) in [5, 5.41) is 15.4. The number of aromatic amines is 1. The van der Waals surface area contributed by atoms with E-state index < -0.39 is 0 Å². The van der Waals surface area contributed by atoms with E-state index in [0.29, 0.717) is 6.54 Å². The molecule has 0 atom stereocenters. The highest BCUT2D eigenvalue weighted by atomic mass is 79.9. The Morgan fingerprint density at radius 2 is 2.25 bits per heavy atom. The molecule has 1 heterocycles. The summed E-state index contributed by atoms with van der Waals surface area (Å²) < 4.78 is 0.948. The van der Waals surface area contributed by atoms with Crippen molar-refractivity contribution in [3.63, 3.8) is 0 Å². The first-order valence-corrected chi connectivity index (χ1v) is 5.31. The number of hydrogen-bond donors (Lipinski definition) is 2. The van der Waals surface area contributed by atoms with Crippen LogP contribution in [-0.4, -0.2) is 26.5 Å². The van der Waals surface area contributed by atoms with Gasteiger partial charge in [-0.15, -0.1) is 10.2 Å². The summed E-state index contributed by atoms with van der Waals surface area (Å²) in [6, 6.07) is 7.64. The monoisotopic (exact) mass is 281 g/mol. The molecule has 0 bridgehead atoms. The lowest BCUT2D eigenvalue weighted by Crippen LogP contribution is -2.24. The molecule has 6 nitrogen and oxygen atoms in total. The fourth-order valence-electron chi connectivity index (χ4n) is 1.15. The molecule has 1 amide bonds. The van der Waals surface area contributed by atoms with Crippen LogP contribution >= 0.6 is 15.9 Å². The smallest absolute Gasteiger partial charge is 0.293 e. The molecule has 7 heteroatoms. The van der Waals surface area contributed by atoms with Gasteiger partial charge >= 0.3 is 0 Å². The van der Waals surface area contributed by atoms with Crippen molar-refractivity contribution in [3.05, 3.63) is 40.1 Å². The van der Waals surface area contributed by atoms with Gasteiger partial charge in [0.2, 0.25) is 0 Å². The number of rotatable bonds is 3. The van der Waals surface area contributed by atoms with E-state index in [1.165, 1.54) is 0 Å². The average molecular weight is 282 g/mol. The highest BCUT2D eigenvalue weighted by Gasteiger charge is 2.10. The van der Waals surface area contributed by atoms with Crippen molar-refractivity contribution in [2.75, 3.05) is 0 Å². The van der Waals surface area contributed by atoms with Gasteiger partial charge in [-0.2, -0.15) is 5.21 Å². The van der Waals surface area contributed by atoms with Gasteiger partial charge in [0.15, 0.2) is 0 Å². The lowest BCUT2D eigenvalue weighted by molar-refractivity contribution is 0.0940. The highest BCUT2D eigenvalue weighted by molar-refractivity contribution is 9.10. The van der Waals surface area contributed by atoms with Crippen molar-refractivity contribution in [2.24, 2.45) is 0 Å². The van der Waals surface area contributed by atoms with E-state index in [-0.39, 0.29) is 11.7 Å². The Morgan fingerprint density at radius 3 is 2.94 bits per heavy atom. The predicted molar refractivity (Wildman–Crippen MR) is 59.5 cm³/mol. The Hall–Kier alpha value is -1.76. The van der Waals surface area contributed by atoms with E-state index in [0.717, 1.165) is 10.0 Å². The minimum Gasteiger partial charge on any atom is -0.345 e. The third-order valence-electron chi connectivity index (χ3n) is 1.95. The van der Waals surface area contributed by atoms with Crippen LogP contribution in [0.5, 0.6) is 0 Å². The minimum atomic E-state index is -0.357. The summed E-state index contributed by atoms with van der Waals surface area (Å²) in [5.74, 6) is -0.323. The molecule has 0 radical (unpaired) electrons. The number of amides is 1. The number of nitrogens with one attached hydrogen (secondary N) is 2. The third-order valence-corrected chi connectivity index (χ3v) is 2.72. The Bertz CT molecular complexity index is 484. The lowest BCUT2D eigenvalue weighted by atomic mass is 10.2. The van der Waals surface area contributed by atoms with Gasteiger partial charge in [-0.05, 0) is 16.8 Å². The fourth-order valence-corrected chi connectivity index (χ4v) is 1.58. The Morgan fingerprint density at radius 1 is 1.44 bits per heavy atom. The first-order valence-electron chi connectivity index (χ1n) is 4.52. The zero-order valence-electron chi connectivity index (χ0n) is 8.14. The summed E-state index contributed by atoms with van der Waals surface area (Å²) in [5.41, 5.74) is 0.986. The van der Waals surface area contributed by atoms with Crippen molar-refractivity contribution in [1.29, 1.82) is 0 Å². The largest absolute Gasteiger partial charge is 0.345 e. The van der Waals surface area contributed by atoms with E-state index >= 15 is 0 Å². The van der Waals surface area contributed by atoms with Gasteiger partial charge in [-0.1, -0.05) is 34.1 Å². The maximum atomic E-state index is 11.5. The SMILES string of the molecule is O=C(NCc1ccccc1Br)c1nn[nH]n1. The fraction of sp³-hybridized carbons (Fsp3) is 0.111.